The highest BCUT2D eigenvalue weighted by Crippen LogP contribution is 2.26. The van der Waals surface area contributed by atoms with Crippen LogP contribution in [0.25, 0.3) is 0 Å². The van der Waals surface area contributed by atoms with E-state index in [9.17, 15) is 14.4 Å². The van der Waals surface area contributed by atoms with E-state index in [0.717, 1.165) is 10.6 Å². The Kier molecular flexibility index (Phi) is 11.6. The largest absolute Gasteiger partial charge is 0.338 e. The summed E-state index contributed by atoms with van der Waals surface area (Å²) in [5, 5.41) is 0.951. The molecule has 2 atom stereocenters. The lowest BCUT2D eigenvalue weighted by atomic mass is 9.82. The van der Waals surface area contributed by atoms with Crippen molar-refractivity contribution >= 4 is 17.8 Å². The second-order valence-corrected chi connectivity index (χ2v) is 8.28. The third kappa shape index (κ3) is 9.79. The molecule has 0 radical (unpaired) electrons. The summed E-state index contributed by atoms with van der Waals surface area (Å²) in [7, 11) is 1.41. The molecule has 7 heteroatoms. The van der Waals surface area contributed by atoms with E-state index in [1.807, 2.05) is 44.2 Å². The summed E-state index contributed by atoms with van der Waals surface area (Å²) >= 11 is 0. The van der Waals surface area contributed by atoms with Crippen molar-refractivity contribution in [1.29, 1.82) is 0 Å². The molecule has 0 aliphatic rings. The molecule has 0 unspecified atom stereocenters. The molecule has 31 heavy (non-hydrogen) atoms. The number of allylic oxidation sites excluding steroid dienone is 1. The average molecular weight is 433 g/mol. The van der Waals surface area contributed by atoms with Gasteiger partial charge in [-0.05, 0) is 44.6 Å². The van der Waals surface area contributed by atoms with Crippen molar-refractivity contribution in [3.63, 3.8) is 0 Å². The van der Waals surface area contributed by atoms with E-state index in [0.29, 0.717) is 19.3 Å². The van der Waals surface area contributed by atoms with Crippen LogP contribution >= 0.6 is 0 Å². The zero-order valence-corrected chi connectivity index (χ0v) is 19.3. The highest BCUT2D eigenvalue weighted by atomic mass is 16.7. The van der Waals surface area contributed by atoms with Gasteiger partial charge >= 0.3 is 5.97 Å². The van der Waals surface area contributed by atoms with Crippen molar-refractivity contribution in [3.8, 4) is 0 Å². The Labute approximate surface area is 185 Å². The molecule has 0 fully saturated rings. The molecule has 0 spiro atoms. The highest BCUT2D eigenvalue weighted by molar-refractivity contribution is 5.87. The van der Waals surface area contributed by atoms with Crippen LogP contribution in [-0.4, -0.2) is 36.0 Å². The first kappa shape index (κ1) is 26.4. The molecular formula is C24H36N2O5. The number of amides is 2. The molecule has 0 bridgehead atoms. The molecule has 2 amide bonds. The van der Waals surface area contributed by atoms with Gasteiger partial charge in [0.15, 0.2) is 0 Å². The Morgan fingerprint density at radius 3 is 2.29 bits per heavy atom. The monoisotopic (exact) mass is 432 g/mol. The van der Waals surface area contributed by atoms with Crippen LogP contribution < -0.4 is 5.48 Å². The molecule has 1 rings (SSSR count). The number of benzene rings is 1. The van der Waals surface area contributed by atoms with E-state index in [1.165, 1.54) is 7.05 Å². The molecule has 0 saturated carbocycles. The van der Waals surface area contributed by atoms with Crippen LogP contribution in [0.3, 0.4) is 0 Å². The van der Waals surface area contributed by atoms with Crippen LogP contribution in [0.4, 0.5) is 0 Å². The van der Waals surface area contributed by atoms with Gasteiger partial charge in [-0.15, -0.1) is 6.58 Å². The van der Waals surface area contributed by atoms with E-state index >= 15 is 0 Å². The number of hydroxylamine groups is 3. The SMILES string of the molecule is C=CC[C@H](C(=O)NOC(C)C)[C@@H](CC(C)C)C(=O)N(C)OC(=O)CCc1ccccc1. The predicted octanol–water partition coefficient (Wildman–Crippen LogP) is 3.85. The number of aryl methyl sites for hydroxylation is 1. The molecule has 1 aromatic rings. The fourth-order valence-corrected chi connectivity index (χ4v) is 3.20. The summed E-state index contributed by atoms with van der Waals surface area (Å²) in [5.74, 6) is -2.53. The quantitative estimate of drug-likeness (QED) is 0.401. The third-order valence-electron chi connectivity index (χ3n) is 4.69. The number of hydrogen-bond donors (Lipinski definition) is 1. The second kappa shape index (κ2) is 13.6. The van der Waals surface area contributed by atoms with Gasteiger partial charge in [0, 0.05) is 7.05 Å². The normalized spacial score (nSPS) is 12.9. The van der Waals surface area contributed by atoms with Crippen LogP contribution in [0.1, 0.15) is 52.5 Å². The van der Waals surface area contributed by atoms with Gasteiger partial charge in [-0.1, -0.05) is 50.3 Å². The summed E-state index contributed by atoms with van der Waals surface area (Å²) in [6, 6.07) is 9.57. The number of nitrogens with zero attached hydrogens (tertiary/aromatic N) is 1. The summed E-state index contributed by atoms with van der Waals surface area (Å²) in [6.07, 6.45) is 2.83. The molecule has 0 aromatic heterocycles. The number of rotatable bonds is 12. The summed E-state index contributed by atoms with van der Waals surface area (Å²) in [6.45, 7) is 11.2. The minimum atomic E-state index is -0.684. The zero-order valence-electron chi connectivity index (χ0n) is 19.3. The van der Waals surface area contributed by atoms with Gasteiger partial charge in [0.05, 0.1) is 24.4 Å². The number of hydrogen-bond acceptors (Lipinski definition) is 5. The molecule has 0 aliphatic carbocycles. The summed E-state index contributed by atoms with van der Waals surface area (Å²) in [4.78, 5) is 48.6. The van der Waals surface area contributed by atoms with Crippen molar-refractivity contribution in [1.82, 2.24) is 10.5 Å². The molecule has 0 aliphatic heterocycles. The smallest absolute Gasteiger partial charge is 0.332 e. The van der Waals surface area contributed by atoms with Crippen molar-refractivity contribution in [2.24, 2.45) is 17.8 Å². The van der Waals surface area contributed by atoms with Crippen LogP contribution in [0.15, 0.2) is 43.0 Å². The highest BCUT2D eigenvalue weighted by Gasteiger charge is 2.36. The lowest BCUT2D eigenvalue weighted by molar-refractivity contribution is -0.197. The van der Waals surface area contributed by atoms with Crippen molar-refractivity contribution in [2.75, 3.05) is 7.05 Å². The summed E-state index contributed by atoms with van der Waals surface area (Å²) < 4.78 is 0. The topological polar surface area (TPSA) is 84.9 Å². The Hall–Kier alpha value is -2.67. The van der Waals surface area contributed by atoms with Crippen molar-refractivity contribution < 1.29 is 24.1 Å². The summed E-state index contributed by atoms with van der Waals surface area (Å²) in [5.41, 5.74) is 3.44. The number of carbonyl (C=O) groups is 3. The third-order valence-corrected chi connectivity index (χ3v) is 4.69. The fraction of sp³-hybridized carbons (Fsp3) is 0.542. The zero-order chi connectivity index (χ0) is 23.4. The predicted molar refractivity (Wildman–Crippen MR) is 119 cm³/mol. The number of nitrogens with one attached hydrogen (secondary N) is 1. The fourth-order valence-electron chi connectivity index (χ4n) is 3.20. The standard InChI is InChI=1S/C24H36N2O5/c1-7-11-20(23(28)25-30-18(4)5)21(16-17(2)3)24(29)26(6)31-22(27)15-14-19-12-9-8-10-13-19/h7-10,12-13,17-18,20-21H,1,11,14-16H2,2-6H3,(H,25,28)/t20-,21+/m0/s1. The first-order chi connectivity index (χ1) is 14.6. The van der Waals surface area contributed by atoms with Gasteiger partial charge in [-0.25, -0.2) is 10.3 Å². The van der Waals surface area contributed by atoms with Gasteiger partial charge in [0.2, 0.25) is 5.91 Å². The van der Waals surface area contributed by atoms with Gasteiger partial charge in [-0.2, -0.15) is 5.06 Å². The van der Waals surface area contributed by atoms with Gasteiger partial charge in [0.1, 0.15) is 0 Å². The van der Waals surface area contributed by atoms with Crippen LogP contribution in [0, 0.1) is 17.8 Å². The van der Waals surface area contributed by atoms with Gasteiger partial charge in [-0.3, -0.25) is 14.4 Å². The molecular weight excluding hydrogens is 396 g/mol. The van der Waals surface area contributed by atoms with Crippen LogP contribution in [0.5, 0.6) is 0 Å². The first-order valence-electron chi connectivity index (χ1n) is 10.7. The lowest BCUT2D eigenvalue weighted by Crippen LogP contribution is -2.44. The molecule has 0 saturated heterocycles. The van der Waals surface area contributed by atoms with E-state index in [4.69, 9.17) is 9.68 Å². The molecule has 1 aromatic carbocycles. The van der Waals surface area contributed by atoms with Crippen LogP contribution in [-0.2, 0) is 30.5 Å². The Morgan fingerprint density at radius 2 is 1.74 bits per heavy atom. The molecule has 7 nitrogen and oxygen atoms in total. The lowest BCUT2D eigenvalue weighted by Gasteiger charge is -2.29. The minimum Gasteiger partial charge on any atom is -0.338 e. The van der Waals surface area contributed by atoms with Crippen LogP contribution in [0.2, 0.25) is 0 Å². The van der Waals surface area contributed by atoms with E-state index in [1.54, 1.807) is 19.9 Å². The maximum atomic E-state index is 13.1. The minimum absolute atomic E-state index is 0.148. The van der Waals surface area contributed by atoms with Crippen molar-refractivity contribution in [3.05, 3.63) is 48.6 Å². The van der Waals surface area contributed by atoms with Gasteiger partial charge < -0.3 is 4.84 Å². The Bertz CT molecular complexity index is 718. The van der Waals surface area contributed by atoms with E-state index < -0.39 is 29.6 Å². The second-order valence-electron chi connectivity index (χ2n) is 8.28. The molecule has 0 heterocycles. The maximum Gasteiger partial charge on any atom is 0.332 e. The average Bonchev–Trinajstić information content (AvgIpc) is 2.73. The number of carbonyl (C=O) groups excluding carboxylic acids is 3. The molecule has 172 valence electrons. The first-order valence-corrected chi connectivity index (χ1v) is 10.7. The maximum absolute atomic E-state index is 13.1. The Balaban J connectivity index is 2.83. The van der Waals surface area contributed by atoms with Crippen molar-refractivity contribution in [2.45, 2.75) is 59.5 Å². The Morgan fingerprint density at radius 1 is 1.10 bits per heavy atom. The van der Waals surface area contributed by atoms with Gasteiger partial charge in [0.25, 0.3) is 5.91 Å². The molecule has 1 N–H and O–H groups in total. The van der Waals surface area contributed by atoms with E-state index in [2.05, 4.69) is 12.1 Å². The van der Waals surface area contributed by atoms with E-state index in [-0.39, 0.29) is 18.4 Å².